The van der Waals surface area contributed by atoms with Gasteiger partial charge in [0.05, 0.1) is 17.1 Å². The highest BCUT2D eigenvalue weighted by molar-refractivity contribution is 6.31. The Labute approximate surface area is 154 Å². The maximum atomic E-state index is 12.9. The van der Waals surface area contributed by atoms with Gasteiger partial charge < -0.3 is 16.0 Å². The van der Waals surface area contributed by atoms with Crippen molar-refractivity contribution in [1.29, 1.82) is 0 Å². The number of carbonyl (C=O) groups is 2. The third kappa shape index (κ3) is 4.88. The van der Waals surface area contributed by atoms with Gasteiger partial charge in [0.1, 0.15) is 0 Å². The summed E-state index contributed by atoms with van der Waals surface area (Å²) in [7, 11) is 1.50. The van der Waals surface area contributed by atoms with Crippen LogP contribution < -0.4 is 11.1 Å². The molecule has 0 heterocycles. The van der Waals surface area contributed by atoms with Crippen molar-refractivity contribution in [2.45, 2.75) is 25.4 Å². The number of hydrogen-bond acceptors (Lipinski definition) is 3. The fraction of sp³-hybridized carbons (Fsp3) is 0.529. The average Bonchev–Trinajstić information content (AvgIpc) is 3.03. The van der Waals surface area contributed by atoms with Gasteiger partial charge in [-0.1, -0.05) is 18.0 Å². The lowest BCUT2D eigenvalue weighted by Crippen LogP contribution is -2.40. The van der Waals surface area contributed by atoms with Crippen molar-refractivity contribution in [3.8, 4) is 0 Å². The highest BCUT2D eigenvalue weighted by atomic mass is 35.5. The van der Waals surface area contributed by atoms with Crippen molar-refractivity contribution < 1.29 is 22.8 Å². The molecular weight excluding hydrogens is 371 g/mol. The SMILES string of the molecule is CN(CC(=O)Nc1ccc(Cl)c(C(F)(F)F)c1)C(=O)[C@@H]1CCC[C@@H]1CN. The number of hydrogen-bond donors (Lipinski definition) is 2. The molecule has 0 bridgehead atoms. The van der Waals surface area contributed by atoms with Crippen LogP contribution in [-0.4, -0.2) is 36.9 Å². The Morgan fingerprint density at radius 1 is 1.35 bits per heavy atom. The van der Waals surface area contributed by atoms with Gasteiger partial charge >= 0.3 is 6.18 Å². The second-order valence-electron chi connectivity index (χ2n) is 6.47. The molecule has 2 rings (SSSR count). The molecule has 0 aromatic heterocycles. The first-order valence-corrected chi connectivity index (χ1v) is 8.63. The second-order valence-corrected chi connectivity index (χ2v) is 6.88. The fourth-order valence-corrected chi connectivity index (χ4v) is 3.47. The van der Waals surface area contributed by atoms with Gasteiger partial charge in [-0.25, -0.2) is 0 Å². The quantitative estimate of drug-likeness (QED) is 0.809. The molecule has 1 aromatic rings. The van der Waals surface area contributed by atoms with E-state index in [4.69, 9.17) is 17.3 Å². The van der Waals surface area contributed by atoms with Gasteiger partial charge in [-0.3, -0.25) is 9.59 Å². The normalized spacial score (nSPS) is 20.1. The van der Waals surface area contributed by atoms with E-state index in [1.165, 1.54) is 18.0 Å². The standard InChI is InChI=1S/C17H21ClF3N3O2/c1-24(16(26)12-4-2-3-10(12)8-22)9-15(25)23-11-5-6-14(18)13(7-11)17(19,20)21/h5-7,10,12H,2-4,8-9,22H2,1H3,(H,23,25)/t10-,12-/m1/s1. The summed E-state index contributed by atoms with van der Waals surface area (Å²) in [5.41, 5.74) is 4.61. The molecule has 0 saturated heterocycles. The zero-order valence-corrected chi connectivity index (χ0v) is 15.0. The highest BCUT2D eigenvalue weighted by Gasteiger charge is 2.35. The summed E-state index contributed by atoms with van der Waals surface area (Å²) in [5, 5.41) is 1.92. The number of anilines is 1. The average molecular weight is 392 g/mol. The Morgan fingerprint density at radius 2 is 2.04 bits per heavy atom. The molecule has 2 amide bonds. The van der Waals surface area contributed by atoms with Crippen molar-refractivity contribution in [1.82, 2.24) is 4.90 Å². The van der Waals surface area contributed by atoms with E-state index < -0.39 is 22.7 Å². The van der Waals surface area contributed by atoms with Crippen molar-refractivity contribution in [2.75, 3.05) is 25.5 Å². The molecule has 1 saturated carbocycles. The summed E-state index contributed by atoms with van der Waals surface area (Å²) in [6, 6.07) is 3.11. The lowest BCUT2D eigenvalue weighted by molar-refractivity contribution is -0.138. The molecule has 2 atom stereocenters. The Balaban J connectivity index is 1.99. The van der Waals surface area contributed by atoms with E-state index >= 15 is 0 Å². The Morgan fingerprint density at radius 3 is 2.65 bits per heavy atom. The van der Waals surface area contributed by atoms with E-state index in [-0.39, 0.29) is 30.0 Å². The summed E-state index contributed by atoms with van der Waals surface area (Å²) in [6.45, 7) is 0.165. The zero-order chi connectivity index (χ0) is 19.5. The zero-order valence-electron chi connectivity index (χ0n) is 14.3. The molecule has 0 radical (unpaired) electrons. The van der Waals surface area contributed by atoms with E-state index in [0.29, 0.717) is 6.54 Å². The Kier molecular flexibility index (Phi) is 6.52. The summed E-state index contributed by atoms with van der Waals surface area (Å²) in [6.07, 6.45) is -2.08. The van der Waals surface area contributed by atoms with Crippen LogP contribution >= 0.6 is 11.6 Å². The van der Waals surface area contributed by atoms with Crippen molar-refractivity contribution in [3.05, 3.63) is 28.8 Å². The molecule has 26 heavy (non-hydrogen) atoms. The first-order valence-electron chi connectivity index (χ1n) is 8.25. The maximum absolute atomic E-state index is 12.9. The van der Waals surface area contributed by atoms with E-state index in [1.54, 1.807) is 0 Å². The second kappa shape index (κ2) is 8.26. The van der Waals surface area contributed by atoms with Gasteiger partial charge in [0.25, 0.3) is 0 Å². The third-order valence-electron chi connectivity index (χ3n) is 4.59. The largest absolute Gasteiger partial charge is 0.417 e. The summed E-state index contributed by atoms with van der Waals surface area (Å²) >= 11 is 5.55. The number of likely N-dealkylation sites (N-methyl/N-ethyl adjacent to an activating group) is 1. The monoisotopic (exact) mass is 391 g/mol. The molecule has 0 unspecified atom stereocenters. The van der Waals surface area contributed by atoms with Gasteiger partial charge in [0, 0.05) is 18.7 Å². The summed E-state index contributed by atoms with van der Waals surface area (Å²) in [5.74, 6) is -0.845. The minimum atomic E-state index is -4.62. The van der Waals surface area contributed by atoms with Crippen LogP contribution in [0.1, 0.15) is 24.8 Å². The van der Waals surface area contributed by atoms with Gasteiger partial charge in [-0.05, 0) is 43.5 Å². The number of nitrogens with one attached hydrogen (secondary N) is 1. The minimum absolute atomic E-state index is 0.0340. The topological polar surface area (TPSA) is 75.4 Å². The molecular formula is C17H21ClF3N3O2. The number of alkyl halides is 3. The van der Waals surface area contributed by atoms with Crippen LogP contribution in [-0.2, 0) is 15.8 Å². The Hall–Kier alpha value is -1.80. The first kappa shape index (κ1) is 20.5. The number of amides is 2. The molecule has 1 aliphatic carbocycles. The highest BCUT2D eigenvalue weighted by Crippen LogP contribution is 2.36. The molecule has 0 spiro atoms. The van der Waals surface area contributed by atoms with E-state index in [1.807, 2.05) is 0 Å². The molecule has 1 aliphatic rings. The van der Waals surface area contributed by atoms with Crippen LogP contribution in [0.5, 0.6) is 0 Å². The lowest BCUT2D eigenvalue weighted by Gasteiger charge is -2.24. The number of nitrogens with zero attached hydrogens (tertiary/aromatic N) is 1. The van der Waals surface area contributed by atoms with E-state index in [2.05, 4.69) is 5.32 Å². The van der Waals surface area contributed by atoms with E-state index in [0.717, 1.165) is 31.4 Å². The fourth-order valence-electron chi connectivity index (χ4n) is 3.24. The maximum Gasteiger partial charge on any atom is 0.417 e. The number of rotatable bonds is 5. The number of halogens is 4. The van der Waals surface area contributed by atoms with Crippen LogP contribution in [0.3, 0.4) is 0 Å². The predicted octanol–water partition coefficient (Wildman–Crippen LogP) is 3.13. The van der Waals surface area contributed by atoms with Crippen molar-refractivity contribution in [3.63, 3.8) is 0 Å². The van der Waals surface area contributed by atoms with E-state index in [9.17, 15) is 22.8 Å². The first-order chi connectivity index (χ1) is 12.1. The van der Waals surface area contributed by atoms with Crippen LogP contribution in [0, 0.1) is 11.8 Å². The number of carbonyl (C=O) groups excluding carboxylic acids is 2. The smallest absolute Gasteiger partial charge is 0.336 e. The van der Waals surface area contributed by atoms with Crippen LogP contribution in [0.15, 0.2) is 18.2 Å². The van der Waals surface area contributed by atoms with Crippen molar-refractivity contribution in [2.24, 2.45) is 17.6 Å². The van der Waals surface area contributed by atoms with Gasteiger partial charge in [-0.15, -0.1) is 0 Å². The van der Waals surface area contributed by atoms with Crippen LogP contribution in [0.25, 0.3) is 0 Å². The molecule has 3 N–H and O–H groups in total. The summed E-state index contributed by atoms with van der Waals surface area (Å²) < 4.78 is 38.6. The molecule has 0 aliphatic heterocycles. The molecule has 1 fully saturated rings. The van der Waals surface area contributed by atoms with Crippen molar-refractivity contribution >= 4 is 29.1 Å². The molecule has 5 nitrogen and oxygen atoms in total. The predicted molar refractivity (Wildman–Crippen MR) is 92.6 cm³/mol. The van der Waals surface area contributed by atoms with Gasteiger partial charge in [0.15, 0.2) is 0 Å². The Bertz CT molecular complexity index is 682. The van der Waals surface area contributed by atoms with Gasteiger partial charge in [-0.2, -0.15) is 13.2 Å². The minimum Gasteiger partial charge on any atom is -0.336 e. The lowest BCUT2D eigenvalue weighted by atomic mass is 9.95. The number of nitrogens with two attached hydrogens (primary N) is 1. The van der Waals surface area contributed by atoms with Crippen LogP contribution in [0.2, 0.25) is 5.02 Å². The number of benzene rings is 1. The molecule has 1 aromatic carbocycles. The summed E-state index contributed by atoms with van der Waals surface area (Å²) in [4.78, 5) is 25.8. The van der Waals surface area contributed by atoms with Gasteiger partial charge in [0.2, 0.25) is 11.8 Å². The third-order valence-corrected chi connectivity index (χ3v) is 4.92. The molecule has 144 valence electrons. The van der Waals surface area contributed by atoms with Crippen LogP contribution in [0.4, 0.5) is 18.9 Å². The molecule has 9 heteroatoms.